The van der Waals surface area contributed by atoms with E-state index in [0.717, 1.165) is 0 Å². The number of aliphatic hydroxyl groups is 3. The van der Waals surface area contributed by atoms with Crippen LogP contribution in [0.5, 0.6) is 0 Å². The zero-order valence-corrected chi connectivity index (χ0v) is 22.1. The Kier molecular flexibility index (Phi) is 4.87. The second-order valence-electron chi connectivity index (χ2n) is 12.0. The largest absolute Gasteiger partial charge is 0.459 e. The first-order valence-electron chi connectivity index (χ1n) is 13.3. The number of rotatable bonds is 4. The molecule has 3 aliphatic carbocycles. The number of aliphatic hydroxyl groups excluding tert-OH is 2. The zero-order chi connectivity index (χ0) is 27.9. The number of carbonyl (C=O) groups excluding carboxylic acids is 2. The fourth-order valence-electron chi connectivity index (χ4n) is 8.49. The molecule has 6 aliphatic rings. The molecule has 10 heteroatoms. The highest BCUT2D eigenvalue weighted by Gasteiger charge is 2.90. The van der Waals surface area contributed by atoms with Crippen LogP contribution in [0, 0.1) is 17.8 Å². The fourth-order valence-corrected chi connectivity index (χ4v) is 8.49. The third kappa shape index (κ3) is 2.58. The molecule has 0 spiro atoms. The zero-order valence-electron chi connectivity index (χ0n) is 22.1. The molecule has 0 unspecified atom stereocenters. The molecule has 3 saturated heterocycles. The molecule has 39 heavy (non-hydrogen) atoms. The summed E-state index contributed by atoms with van der Waals surface area (Å²) in [6, 6.07) is 8.99. The molecule has 208 valence electrons. The first kappa shape index (κ1) is 25.5. The van der Waals surface area contributed by atoms with Crippen molar-refractivity contribution < 1.29 is 48.6 Å². The van der Waals surface area contributed by atoms with Gasteiger partial charge in [-0.3, -0.25) is 9.59 Å². The molecule has 0 aromatic heterocycles. The van der Waals surface area contributed by atoms with Gasteiger partial charge in [-0.15, -0.1) is 0 Å². The van der Waals surface area contributed by atoms with Crippen LogP contribution in [0.15, 0.2) is 54.1 Å². The van der Waals surface area contributed by atoms with E-state index in [9.17, 15) is 24.9 Å². The first-order chi connectivity index (χ1) is 18.4. The minimum absolute atomic E-state index is 0.243. The summed E-state index contributed by atoms with van der Waals surface area (Å²) in [6.07, 6.45) is -2.91. The average molecular weight is 541 g/mol. The summed E-state index contributed by atoms with van der Waals surface area (Å²) in [5.74, 6) is -5.64. The number of carbonyl (C=O) groups is 2. The Morgan fingerprint density at radius 3 is 2.44 bits per heavy atom. The predicted molar refractivity (Wildman–Crippen MR) is 132 cm³/mol. The van der Waals surface area contributed by atoms with Gasteiger partial charge in [-0.25, -0.2) is 0 Å². The van der Waals surface area contributed by atoms with E-state index in [1.807, 2.05) is 13.0 Å². The van der Waals surface area contributed by atoms with Crippen LogP contribution in [-0.2, 0) is 39.2 Å². The Morgan fingerprint density at radius 1 is 1.13 bits per heavy atom. The van der Waals surface area contributed by atoms with Crippen molar-refractivity contribution in [3.8, 4) is 0 Å². The highest BCUT2D eigenvalue weighted by molar-refractivity contribution is 6.05. The molecule has 3 aliphatic heterocycles. The Balaban J connectivity index is 1.57. The van der Waals surface area contributed by atoms with Gasteiger partial charge in [0.1, 0.15) is 30.0 Å². The van der Waals surface area contributed by atoms with Crippen LogP contribution >= 0.6 is 0 Å². The lowest BCUT2D eigenvalue weighted by atomic mass is 9.53. The van der Waals surface area contributed by atoms with Gasteiger partial charge < -0.3 is 39.0 Å². The number of hydrogen-bond acceptors (Lipinski definition) is 10. The minimum Gasteiger partial charge on any atom is -0.459 e. The van der Waals surface area contributed by atoms with Crippen molar-refractivity contribution in [3.05, 3.63) is 59.7 Å². The van der Waals surface area contributed by atoms with Crippen molar-refractivity contribution in [3.63, 3.8) is 0 Å². The van der Waals surface area contributed by atoms with Crippen LogP contribution in [0.1, 0.15) is 33.3 Å². The van der Waals surface area contributed by atoms with E-state index in [-0.39, 0.29) is 5.57 Å². The van der Waals surface area contributed by atoms with Crippen LogP contribution in [0.4, 0.5) is 0 Å². The molecule has 1 aromatic carbocycles. The van der Waals surface area contributed by atoms with Gasteiger partial charge in [0.2, 0.25) is 0 Å². The summed E-state index contributed by atoms with van der Waals surface area (Å²) in [5.41, 5.74) is -5.65. The van der Waals surface area contributed by atoms with Gasteiger partial charge in [0.25, 0.3) is 0 Å². The molecular formula is C29H32O10. The molecule has 12 atom stereocenters. The second kappa shape index (κ2) is 7.44. The summed E-state index contributed by atoms with van der Waals surface area (Å²) in [5, 5.41) is 34.4. The molecule has 5 fully saturated rings. The molecule has 0 amide bonds. The number of hydrogen-bond donors (Lipinski definition) is 3. The normalized spacial score (nSPS) is 52.3. The number of ketones is 1. The topological polar surface area (TPSA) is 144 Å². The average Bonchev–Trinajstić information content (AvgIpc) is 3.53. The lowest BCUT2D eigenvalue weighted by molar-refractivity contribution is -0.440. The van der Waals surface area contributed by atoms with Crippen molar-refractivity contribution in [2.24, 2.45) is 17.8 Å². The highest BCUT2D eigenvalue weighted by atomic mass is 16.9. The van der Waals surface area contributed by atoms with Crippen molar-refractivity contribution in [2.45, 2.75) is 80.5 Å². The highest BCUT2D eigenvalue weighted by Crippen LogP contribution is 2.74. The SMILES string of the molecule is C=C(C)[C@@]12O[C@@]3(c4ccccc4)O[C@@H]1[C@@H]1[C@@H]4O[C@@]4(CO)[C@@H](O)[C@]4(O)C(=O)C(C)=C[C@H]4[C@@]1(O3)[C@H](C)[C@H]2OC(C)=O. The summed E-state index contributed by atoms with van der Waals surface area (Å²) in [4.78, 5) is 26.1. The Bertz CT molecular complexity index is 1340. The van der Waals surface area contributed by atoms with Crippen LogP contribution in [0.2, 0.25) is 0 Å². The van der Waals surface area contributed by atoms with Gasteiger partial charge in [-0.1, -0.05) is 49.9 Å². The predicted octanol–water partition coefficient (Wildman–Crippen LogP) is 0.874. The van der Waals surface area contributed by atoms with Gasteiger partial charge in [-0.05, 0) is 25.0 Å². The Labute approximate surface area is 225 Å². The molecule has 7 rings (SSSR count). The monoisotopic (exact) mass is 540 g/mol. The quantitative estimate of drug-likeness (QED) is 0.286. The van der Waals surface area contributed by atoms with Gasteiger partial charge in [0, 0.05) is 30.2 Å². The van der Waals surface area contributed by atoms with Gasteiger partial charge in [0.05, 0.1) is 12.2 Å². The number of fused-ring (bicyclic) bond motifs is 3. The van der Waals surface area contributed by atoms with E-state index in [4.69, 9.17) is 23.7 Å². The van der Waals surface area contributed by atoms with Crippen LogP contribution in [-0.4, -0.2) is 80.5 Å². The summed E-state index contributed by atoms with van der Waals surface area (Å²) in [7, 11) is 0. The van der Waals surface area contributed by atoms with Crippen molar-refractivity contribution >= 4 is 11.8 Å². The van der Waals surface area contributed by atoms with Gasteiger partial charge in [0.15, 0.2) is 17.0 Å². The Morgan fingerprint density at radius 2 is 1.82 bits per heavy atom. The standard InChI is InChI=1S/C29H32O10/c1-13(2)27-21(35-16(5)31)15(4)28-18-11-14(3)20(32)26(18,34)24(33)25(12-30)22(36-25)19(28)23(27)37-29(38-27,39-28)17-9-7-6-8-10-17/h6-11,15,18-19,21-24,30,33-34H,1,12H2,2-5H3/t15-,18-,19+,21-,22+,23-,24-,25-,26-,27+,28+,29-/m1/s1. The molecule has 3 heterocycles. The van der Waals surface area contributed by atoms with Crippen LogP contribution in [0.25, 0.3) is 0 Å². The number of benzene rings is 1. The van der Waals surface area contributed by atoms with Gasteiger partial charge >= 0.3 is 11.9 Å². The molecule has 1 aromatic rings. The van der Waals surface area contributed by atoms with E-state index < -0.39 is 88.9 Å². The summed E-state index contributed by atoms with van der Waals surface area (Å²) >= 11 is 0. The summed E-state index contributed by atoms with van der Waals surface area (Å²) < 4.78 is 32.6. The number of esters is 1. The number of ether oxygens (including phenoxy) is 5. The molecule has 10 nitrogen and oxygen atoms in total. The third-order valence-corrected chi connectivity index (χ3v) is 10.2. The smallest absolute Gasteiger partial charge is 0.314 e. The summed E-state index contributed by atoms with van der Waals surface area (Å²) in [6.45, 7) is 10.0. The van der Waals surface area contributed by atoms with Crippen molar-refractivity contribution in [1.29, 1.82) is 0 Å². The fraction of sp³-hybridized carbons (Fsp3) is 0.586. The number of Topliss-reactive ketones (excluding diaryl/α,β-unsaturated/α-hetero) is 1. The van der Waals surface area contributed by atoms with Gasteiger partial charge in [-0.2, -0.15) is 0 Å². The first-order valence-corrected chi connectivity index (χ1v) is 13.3. The van der Waals surface area contributed by atoms with E-state index in [1.165, 1.54) is 6.92 Å². The van der Waals surface area contributed by atoms with E-state index in [1.54, 1.807) is 44.2 Å². The Hall–Kier alpha value is -2.44. The lowest BCUT2D eigenvalue weighted by Gasteiger charge is -2.61. The lowest BCUT2D eigenvalue weighted by Crippen LogP contribution is -2.76. The van der Waals surface area contributed by atoms with Crippen LogP contribution < -0.4 is 0 Å². The van der Waals surface area contributed by atoms with Crippen LogP contribution in [0.3, 0.4) is 0 Å². The van der Waals surface area contributed by atoms with E-state index in [0.29, 0.717) is 11.1 Å². The third-order valence-electron chi connectivity index (χ3n) is 10.2. The maximum atomic E-state index is 13.6. The van der Waals surface area contributed by atoms with Crippen molar-refractivity contribution in [2.75, 3.05) is 6.61 Å². The molecule has 3 N–H and O–H groups in total. The van der Waals surface area contributed by atoms with E-state index >= 15 is 0 Å². The second-order valence-corrected chi connectivity index (χ2v) is 12.0. The van der Waals surface area contributed by atoms with Crippen molar-refractivity contribution in [1.82, 2.24) is 0 Å². The van der Waals surface area contributed by atoms with E-state index in [2.05, 4.69) is 6.58 Å². The molecular weight excluding hydrogens is 508 g/mol. The molecule has 0 radical (unpaired) electrons. The minimum atomic E-state index is -2.39. The number of epoxide rings is 1. The molecule has 3 bridgehead atoms. The molecule has 2 saturated carbocycles. The maximum Gasteiger partial charge on any atom is 0.314 e. The maximum absolute atomic E-state index is 13.6.